The van der Waals surface area contributed by atoms with Crippen LogP contribution in [-0.4, -0.2) is 34.9 Å². The Hall–Kier alpha value is -2.24. The number of hydrogen-bond acceptors (Lipinski definition) is 3. The molecule has 0 radical (unpaired) electrons. The van der Waals surface area contributed by atoms with Crippen LogP contribution in [0, 0.1) is 13.8 Å². The highest BCUT2D eigenvalue weighted by molar-refractivity contribution is 6.36. The maximum absolute atomic E-state index is 13.3. The number of halogens is 2. The minimum absolute atomic E-state index is 0.101. The van der Waals surface area contributed by atoms with E-state index in [1.807, 2.05) is 59.7 Å². The van der Waals surface area contributed by atoms with Crippen LogP contribution in [0.3, 0.4) is 0 Å². The molecule has 1 atom stereocenters. The summed E-state index contributed by atoms with van der Waals surface area (Å²) in [7, 11) is 0. The monoisotopic (exact) mass is 478 g/mol. The van der Waals surface area contributed by atoms with E-state index in [0.29, 0.717) is 27.8 Å². The van der Waals surface area contributed by atoms with Crippen LogP contribution < -0.4 is 10.1 Å². The lowest BCUT2D eigenvalue weighted by atomic mass is 10.1. The van der Waals surface area contributed by atoms with E-state index in [1.54, 1.807) is 18.2 Å². The summed E-state index contributed by atoms with van der Waals surface area (Å²) in [6.45, 7) is 11.4. The third-order valence-corrected chi connectivity index (χ3v) is 5.66. The van der Waals surface area contributed by atoms with Gasteiger partial charge in [-0.1, -0.05) is 53.9 Å². The van der Waals surface area contributed by atoms with Crippen LogP contribution in [0.5, 0.6) is 5.75 Å². The Morgan fingerprint density at radius 1 is 1.09 bits per heavy atom. The number of nitrogens with one attached hydrogen (secondary N) is 1. The molecule has 1 N–H and O–H groups in total. The summed E-state index contributed by atoms with van der Waals surface area (Å²) in [4.78, 5) is 27.9. The molecule has 174 valence electrons. The van der Waals surface area contributed by atoms with Gasteiger partial charge >= 0.3 is 0 Å². The van der Waals surface area contributed by atoms with Crippen LogP contribution in [0.15, 0.2) is 36.4 Å². The summed E-state index contributed by atoms with van der Waals surface area (Å²) in [5.74, 6) is 0.0757. The van der Waals surface area contributed by atoms with E-state index in [9.17, 15) is 9.59 Å². The lowest BCUT2D eigenvalue weighted by molar-refractivity contribution is -0.143. The molecule has 0 saturated heterocycles. The summed E-state index contributed by atoms with van der Waals surface area (Å²) in [5.41, 5.74) is 2.21. The molecular formula is C25H32Cl2N2O3. The molecule has 2 aromatic rings. The maximum atomic E-state index is 13.3. The summed E-state index contributed by atoms with van der Waals surface area (Å²) in [5, 5.41) is 3.85. The fourth-order valence-corrected chi connectivity index (χ4v) is 3.93. The molecule has 0 fully saturated rings. The SMILES string of the molecule is CC[C@H](C(=O)NC(C)(C)C)N(Cc1c(Cl)cccc1Cl)C(=O)COc1ccc(C)cc1C. The number of ether oxygens (including phenoxy) is 1. The standard InChI is InChI=1S/C25H32Cl2N2O3/c1-7-21(24(31)28-25(4,5)6)29(14-18-19(26)9-8-10-20(18)27)23(30)15-32-22-12-11-16(2)13-17(22)3/h8-13,21H,7,14-15H2,1-6H3,(H,28,31)/t21-/m1/s1. The lowest BCUT2D eigenvalue weighted by Crippen LogP contribution is -2.54. The summed E-state index contributed by atoms with van der Waals surface area (Å²) < 4.78 is 5.82. The van der Waals surface area contributed by atoms with E-state index >= 15 is 0 Å². The first kappa shape index (κ1) is 26.0. The molecule has 0 heterocycles. The Bertz CT molecular complexity index is 950. The molecule has 2 amide bonds. The van der Waals surface area contributed by atoms with Crippen molar-refractivity contribution in [1.29, 1.82) is 0 Å². The zero-order chi connectivity index (χ0) is 24.1. The summed E-state index contributed by atoms with van der Waals surface area (Å²) in [6.07, 6.45) is 0.430. The molecule has 0 aromatic heterocycles. The number of carbonyl (C=O) groups is 2. The van der Waals surface area contributed by atoms with Gasteiger partial charge in [-0.25, -0.2) is 0 Å². The molecule has 2 rings (SSSR count). The van der Waals surface area contributed by atoms with Gasteiger partial charge in [0.15, 0.2) is 6.61 Å². The summed E-state index contributed by atoms with van der Waals surface area (Å²) >= 11 is 12.7. The van der Waals surface area contributed by atoms with Crippen LogP contribution in [0.1, 0.15) is 50.8 Å². The Kier molecular flexibility index (Phi) is 8.99. The van der Waals surface area contributed by atoms with Crippen molar-refractivity contribution in [2.24, 2.45) is 0 Å². The van der Waals surface area contributed by atoms with Gasteiger partial charge in [0, 0.05) is 27.7 Å². The van der Waals surface area contributed by atoms with Crippen molar-refractivity contribution in [3.63, 3.8) is 0 Å². The third-order valence-electron chi connectivity index (χ3n) is 4.96. The molecule has 0 unspecified atom stereocenters. The Balaban J connectivity index is 2.33. The molecule has 0 saturated carbocycles. The number of benzene rings is 2. The smallest absolute Gasteiger partial charge is 0.261 e. The Morgan fingerprint density at radius 2 is 1.72 bits per heavy atom. The highest BCUT2D eigenvalue weighted by Gasteiger charge is 2.31. The van der Waals surface area contributed by atoms with Crippen LogP contribution in [0.2, 0.25) is 10.0 Å². The molecular weight excluding hydrogens is 447 g/mol. The zero-order valence-electron chi connectivity index (χ0n) is 19.6. The first-order valence-electron chi connectivity index (χ1n) is 10.7. The highest BCUT2D eigenvalue weighted by Crippen LogP contribution is 2.27. The van der Waals surface area contributed by atoms with E-state index < -0.39 is 11.6 Å². The molecule has 5 nitrogen and oxygen atoms in total. The van der Waals surface area contributed by atoms with Crippen molar-refractivity contribution < 1.29 is 14.3 Å². The van der Waals surface area contributed by atoms with Crippen LogP contribution in [-0.2, 0) is 16.1 Å². The van der Waals surface area contributed by atoms with Crippen molar-refractivity contribution in [3.8, 4) is 5.75 Å². The van der Waals surface area contributed by atoms with E-state index in [0.717, 1.165) is 11.1 Å². The first-order chi connectivity index (χ1) is 14.9. The Morgan fingerprint density at radius 3 is 2.25 bits per heavy atom. The maximum Gasteiger partial charge on any atom is 0.261 e. The van der Waals surface area contributed by atoms with E-state index in [4.69, 9.17) is 27.9 Å². The van der Waals surface area contributed by atoms with E-state index in [2.05, 4.69) is 5.32 Å². The predicted octanol–water partition coefficient (Wildman–Crippen LogP) is 5.71. The minimum atomic E-state index is -0.697. The molecule has 2 aromatic carbocycles. The lowest BCUT2D eigenvalue weighted by Gasteiger charge is -2.33. The minimum Gasteiger partial charge on any atom is -0.483 e. The molecule has 7 heteroatoms. The first-order valence-corrected chi connectivity index (χ1v) is 11.4. The predicted molar refractivity (Wildman–Crippen MR) is 130 cm³/mol. The number of nitrogens with zero attached hydrogens (tertiary/aromatic N) is 1. The second-order valence-electron chi connectivity index (χ2n) is 8.94. The number of carbonyl (C=O) groups excluding carboxylic acids is 2. The van der Waals surface area contributed by atoms with Crippen LogP contribution >= 0.6 is 23.2 Å². The largest absolute Gasteiger partial charge is 0.483 e. The molecule has 32 heavy (non-hydrogen) atoms. The van der Waals surface area contributed by atoms with Gasteiger partial charge < -0.3 is 15.0 Å². The highest BCUT2D eigenvalue weighted by atomic mass is 35.5. The van der Waals surface area contributed by atoms with Gasteiger partial charge in [0.05, 0.1) is 0 Å². The van der Waals surface area contributed by atoms with Crippen molar-refractivity contribution >= 4 is 35.0 Å². The molecule has 0 spiro atoms. The number of amides is 2. The average molecular weight is 479 g/mol. The van der Waals surface area contributed by atoms with Crippen LogP contribution in [0.4, 0.5) is 0 Å². The molecule has 0 aliphatic heterocycles. The van der Waals surface area contributed by atoms with Crippen molar-refractivity contribution in [3.05, 3.63) is 63.1 Å². The average Bonchev–Trinajstić information content (AvgIpc) is 2.67. The van der Waals surface area contributed by atoms with Crippen molar-refractivity contribution in [1.82, 2.24) is 10.2 Å². The van der Waals surface area contributed by atoms with Crippen LogP contribution in [0.25, 0.3) is 0 Å². The quantitative estimate of drug-likeness (QED) is 0.528. The van der Waals surface area contributed by atoms with Gasteiger partial charge in [-0.2, -0.15) is 0 Å². The molecule has 0 aliphatic rings. The normalized spacial score (nSPS) is 12.2. The second kappa shape index (κ2) is 11.1. The zero-order valence-corrected chi connectivity index (χ0v) is 21.1. The van der Waals surface area contributed by atoms with Gasteiger partial charge in [-0.15, -0.1) is 0 Å². The second-order valence-corrected chi connectivity index (χ2v) is 9.76. The van der Waals surface area contributed by atoms with E-state index in [1.165, 1.54) is 4.90 Å². The van der Waals surface area contributed by atoms with Gasteiger partial charge in [-0.05, 0) is 64.8 Å². The number of hydrogen-bond donors (Lipinski definition) is 1. The molecule has 0 aliphatic carbocycles. The summed E-state index contributed by atoms with van der Waals surface area (Å²) in [6, 6.07) is 10.2. The van der Waals surface area contributed by atoms with Gasteiger partial charge in [-0.3, -0.25) is 9.59 Å². The van der Waals surface area contributed by atoms with E-state index in [-0.39, 0.29) is 25.0 Å². The number of rotatable bonds is 8. The fraction of sp³-hybridized carbons (Fsp3) is 0.440. The van der Waals surface area contributed by atoms with Crippen molar-refractivity contribution in [2.75, 3.05) is 6.61 Å². The number of aryl methyl sites for hydroxylation is 2. The third kappa shape index (κ3) is 7.14. The topological polar surface area (TPSA) is 58.6 Å². The van der Waals surface area contributed by atoms with Gasteiger partial charge in [0.1, 0.15) is 11.8 Å². The Labute approximate surface area is 201 Å². The molecule has 0 bridgehead atoms. The van der Waals surface area contributed by atoms with Gasteiger partial charge in [0.2, 0.25) is 5.91 Å². The van der Waals surface area contributed by atoms with Crippen molar-refractivity contribution in [2.45, 2.75) is 66.1 Å². The van der Waals surface area contributed by atoms with Gasteiger partial charge in [0.25, 0.3) is 5.91 Å². The fourth-order valence-electron chi connectivity index (χ4n) is 3.41.